The van der Waals surface area contributed by atoms with E-state index in [1.54, 1.807) is 0 Å². The van der Waals surface area contributed by atoms with Crippen LogP contribution in [0.1, 0.15) is 6.42 Å². The summed E-state index contributed by atoms with van der Waals surface area (Å²) in [6.07, 6.45) is -0.182. The monoisotopic (exact) mass is 361 g/mol. The zero-order valence-electron chi connectivity index (χ0n) is 11.7. The van der Waals surface area contributed by atoms with Crippen molar-refractivity contribution < 1.29 is 36.0 Å². The van der Waals surface area contributed by atoms with Crippen molar-refractivity contribution >= 4 is 29.9 Å². The van der Waals surface area contributed by atoms with Crippen LogP contribution in [-0.2, 0) is 24.1 Å². The van der Waals surface area contributed by atoms with Crippen molar-refractivity contribution in [1.82, 2.24) is 9.80 Å². The number of amides is 1. The number of phosphoric acid groups is 1. The molecule has 1 heterocycles. The summed E-state index contributed by atoms with van der Waals surface area (Å²) >= 11 is 0. The highest BCUT2D eigenvalue weighted by Gasteiger charge is 2.35. The van der Waals surface area contributed by atoms with Crippen LogP contribution in [0.25, 0.3) is 0 Å². The second-order valence-corrected chi connectivity index (χ2v) is 7.50. The summed E-state index contributed by atoms with van der Waals surface area (Å²) < 4.78 is 48.5. The van der Waals surface area contributed by atoms with Crippen LogP contribution in [0.4, 0.5) is 3.89 Å². The van der Waals surface area contributed by atoms with Gasteiger partial charge in [-0.3, -0.25) is 19.6 Å². The van der Waals surface area contributed by atoms with E-state index >= 15 is 0 Å². The quantitative estimate of drug-likeness (QED) is 0.239. The van der Waals surface area contributed by atoms with Crippen molar-refractivity contribution in [3.8, 4) is 0 Å². The number of nitrogens with zero attached hydrogens (tertiary/aromatic N) is 2. The maximum atomic E-state index is 12.6. The first-order chi connectivity index (χ1) is 9.89. The van der Waals surface area contributed by atoms with Crippen LogP contribution in [0.3, 0.4) is 0 Å². The fraction of sp³-hybridized carbons (Fsp3) is 0.778. The number of hydrogen-bond donors (Lipinski definition) is 3. The van der Waals surface area contributed by atoms with Crippen LogP contribution in [0, 0.1) is 11.3 Å². The predicted molar refractivity (Wildman–Crippen MR) is 73.1 cm³/mol. The molecule has 0 aliphatic carbocycles. The fourth-order valence-electron chi connectivity index (χ4n) is 1.99. The van der Waals surface area contributed by atoms with E-state index in [1.165, 1.54) is 11.9 Å². The van der Waals surface area contributed by atoms with E-state index < -0.39 is 35.6 Å². The smallest absolute Gasteiger partial charge is 0.343 e. The van der Waals surface area contributed by atoms with Crippen molar-refractivity contribution in [1.29, 1.82) is 5.41 Å². The maximum Gasteiger partial charge on any atom is 0.469 e. The molecule has 10 nitrogen and oxygen atoms in total. The number of rotatable bonds is 6. The minimum Gasteiger partial charge on any atom is -0.343 e. The Morgan fingerprint density at radius 1 is 1.59 bits per heavy atom. The van der Waals surface area contributed by atoms with Gasteiger partial charge in [0.15, 0.2) is 5.96 Å². The molecule has 1 fully saturated rings. The van der Waals surface area contributed by atoms with Gasteiger partial charge in [-0.05, 0) is 0 Å². The van der Waals surface area contributed by atoms with Gasteiger partial charge in [0.1, 0.15) is 0 Å². The Balaban J connectivity index is 2.54. The third kappa shape index (κ3) is 6.36. The molecule has 1 saturated heterocycles. The summed E-state index contributed by atoms with van der Waals surface area (Å²) in [6, 6.07) is 0. The SMILES string of the molecule is CN(CCOP(=O)(O)O)C(=N)N1CC(CS(=O)(=O)F)CC1=O. The van der Waals surface area contributed by atoms with Gasteiger partial charge in [-0.2, -0.15) is 8.42 Å². The molecule has 128 valence electrons. The molecule has 0 aromatic heterocycles. The number of likely N-dealkylation sites (N-methyl/N-ethyl adjacent to an activating group) is 1. The van der Waals surface area contributed by atoms with E-state index in [-0.39, 0.29) is 32.1 Å². The van der Waals surface area contributed by atoms with Gasteiger partial charge in [0.05, 0.1) is 12.4 Å². The number of nitrogens with one attached hydrogen (secondary N) is 1. The molecule has 0 aromatic carbocycles. The molecule has 0 bridgehead atoms. The average Bonchev–Trinajstić information content (AvgIpc) is 2.64. The Bertz CT molecular complexity index is 592. The summed E-state index contributed by atoms with van der Waals surface area (Å²) in [4.78, 5) is 31.0. The lowest BCUT2D eigenvalue weighted by Crippen LogP contribution is -2.44. The van der Waals surface area contributed by atoms with Gasteiger partial charge in [0, 0.05) is 32.5 Å². The van der Waals surface area contributed by atoms with Crippen LogP contribution in [-0.4, -0.2) is 72.4 Å². The molecule has 1 atom stereocenters. The largest absolute Gasteiger partial charge is 0.469 e. The summed E-state index contributed by atoms with van der Waals surface area (Å²) in [6.45, 7) is -0.544. The van der Waals surface area contributed by atoms with Crippen LogP contribution in [0.5, 0.6) is 0 Å². The van der Waals surface area contributed by atoms with E-state index in [0.29, 0.717) is 0 Å². The first-order valence-corrected chi connectivity index (χ1v) is 9.20. The topological polar surface area (TPSA) is 148 Å². The Kier molecular flexibility index (Phi) is 6.04. The highest BCUT2D eigenvalue weighted by Crippen LogP contribution is 2.35. The molecule has 13 heteroatoms. The van der Waals surface area contributed by atoms with E-state index in [0.717, 1.165) is 4.90 Å². The summed E-state index contributed by atoms with van der Waals surface area (Å²) in [5.41, 5.74) is 0. The van der Waals surface area contributed by atoms with Crippen molar-refractivity contribution in [3.05, 3.63) is 0 Å². The van der Waals surface area contributed by atoms with Crippen LogP contribution in [0.2, 0.25) is 0 Å². The third-order valence-corrected chi connectivity index (χ3v) is 4.33. The molecule has 0 radical (unpaired) electrons. The summed E-state index contributed by atoms with van der Waals surface area (Å²) in [7, 11) is -7.91. The number of hydrogen-bond acceptors (Lipinski definition) is 6. The summed E-state index contributed by atoms with van der Waals surface area (Å²) in [5.74, 6) is -2.31. The second-order valence-electron chi connectivity index (χ2n) is 4.85. The highest BCUT2D eigenvalue weighted by molar-refractivity contribution is 7.86. The highest BCUT2D eigenvalue weighted by atomic mass is 32.3. The van der Waals surface area contributed by atoms with Crippen molar-refractivity contribution in [2.45, 2.75) is 6.42 Å². The zero-order chi connectivity index (χ0) is 17.1. The molecule has 3 N–H and O–H groups in total. The normalized spacial score (nSPS) is 19.5. The van der Waals surface area contributed by atoms with E-state index in [4.69, 9.17) is 15.2 Å². The number of carbonyl (C=O) groups is 1. The Morgan fingerprint density at radius 3 is 2.68 bits per heavy atom. The third-order valence-electron chi connectivity index (χ3n) is 2.94. The van der Waals surface area contributed by atoms with Crippen molar-refractivity contribution in [3.63, 3.8) is 0 Å². The molecule has 1 rings (SSSR count). The number of halogens is 1. The lowest BCUT2D eigenvalue weighted by molar-refractivity contribution is -0.124. The van der Waals surface area contributed by atoms with Gasteiger partial charge < -0.3 is 14.7 Å². The number of likely N-dealkylation sites (tertiary alicyclic amines) is 1. The van der Waals surface area contributed by atoms with E-state index in [2.05, 4.69) is 4.52 Å². The fourth-order valence-corrected chi connectivity index (χ4v) is 3.09. The van der Waals surface area contributed by atoms with Crippen LogP contribution in [0.15, 0.2) is 0 Å². The molecule has 1 aliphatic rings. The Morgan fingerprint density at radius 2 is 2.18 bits per heavy atom. The molecule has 0 spiro atoms. The van der Waals surface area contributed by atoms with Gasteiger partial charge in [0.2, 0.25) is 5.91 Å². The lowest BCUT2D eigenvalue weighted by atomic mass is 10.1. The first kappa shape index (κ1) is 19.0. The maximum absolute atomic E-state index is 12.6. The molecule has 1 aliphatic heterocycles. The second kappa shape index (κ2) is 7.01. The molecule has 1 amide bonds. The average molecular weight is 361 g/mol. The Labute approximate surface area is 126 Å². The molecule has 0 aromatic rings. The lowest BCUT2D eigenvalue weighted by Gasteiger charge is -2.26. The summed E-state index contributed by atoms with van der Waals surface area (Å²) in [5, 5.41) is 7.82. The van der Waals surface area contributed by atoms with Crippen molar-refractivity contribution in [2.24, 2.45) is 5.92 Å². The minimum atomic E-state index is -4.70. The van der Waals surface area contributed by atoms with Gasteiger partial charge in [0.25, 0.3) is 0 Å². The van der Waals surface area contributed by atoms with Gasteiger partial charge >= 0.3 is 18.0 Å². The Hall–Kier alpha value is -1.07. The van der Waals surface area contributed by atoms with Crippen LogP contribution >= 0.6 is 7.82 Å². The molecular formula is C9H17FN3O7PS. The number of carbonyl (C=O) groups excluding carboxylic acids is 1. The van der Waals surface area contributed by atoms with Gasteiger partial charge in [-0.25, -0.2) is 4.57 Å². The van der Waals surface area contributed by atoms with E-state index in [1.807, 2.05) is 0 Å². The zero-order valence-corrected chi connectivity index (χ0v) is 13.4. The van der Waals surface area contributed by atoms with Crippen molar-refractivity contribution in [2.75, 3.05) is 32.5 Å². The van der Waals surface area contributed by atoms with E-state index in [9.17, 15) is 21.7 Å². The standard InChI is InChI=1S/C9H17FN3O7PS/c1-12(2-3-20-21(15,16)17)9(11)13-5-7(4-8(13)14)6-22(10,18)19/h7,11H,2-6H2,1H3,(H2,15,16,17). The number of phosphoric ester groups is 1. The number of guanidine groups is 1. The van der Waals surface area contributed by atoms with Gasteiger partial charge in [-0.15, -0.1) is 3.89 Å². The first-order valence-electron chi connectivity index (χ1n) is 6.11. The molecule has 0 saturated carbocycles. The molecule has 1 unspecified atom stereocenters. The molecule has 22 heavy (non-hydrogen) atoms. The van der Waals surface area contributed by atoms with Gasteiger partial charge in [-0.1, -0.05) is 0 Å². The van der Waals surface area contributed by atoms with Crippen LogP contribution < -0.4 is 0 Å². The predicted octanol–water partition coefficient (Wildman–Crippen LogP) is -0.890. The minimum absolute atomic E-state index is 0.0696. The molecular weight excluding hydrogens is 344 g/mol.